The van der Waals surface area contributed by atoms with E-state index in [-0.39, 0.29) is 5.97 Å². The van der Waals surface area contributed by atoms with Crippen LogP contribution in [0.15, 0.2) is 29.2 Å². The highest BCUT2D eigenvalue weighted by atomic mass is 32.2. The van der Waals surface area contributed by atoms with Crippen LogP contribution in [0.2, 0.25) is 0 Å². The number of ether oxygens (including phenoxy) is 1. The lowest BCUT2D eigenvalue weighted by molar-refractivity contribution is -0.140. The number of esters is 1. The number of hydrogen-bond donors (Lipinski definition) is 0. The van der Waals surface area contributed by atoms with E-state index in [0.29, 0.717) is 12.3 Å². The lowest BCUT2D eigenvalue weighted by Crippen LogP contribution is -2.04. The minimum Gasteiger partial charge on any atom is -0.469 e. The molecule has 1 aromatic rings. The summed E-state index contributed by atoms with van der Waals surface area (Å²) in [5, 5.41) is 0. The van der Waals surface area contributed by atoms with Crippen LogP contribution in [0.1, 0.15) is 17.9 Å². The summed E-state index contributed by atoms with van der Waals surface area (Å²) in [4.78, 5) is 12.4. The second kappa shape index (κ2) is 6.36. The number of rotatable bonds is 5. The fourth-order valence-corrected chi connectivity index (χ4v) is 4.31. The molecule has 0 radical (unpaired) electrons. The number of hydrogen-bond acceptors (Lipinski definition) is 4. The van der Waals surface area contributed by atoms with Crippen LogP contribution in [0.25, 0.3) is 0 Å². The van der Waals surface area contributed by atoms with Gasteiger partial charge in [-0.25, -0.2) is 0 Å². The molecule has 1 aliphatic rings. The number of benzene rings is 1. The summed E-state index contributed by atoms with van der Waals surface area (Å²) in [6.07, 6.45) is 0.517. The molecule has 0 fully saturated rings. The van der Waals surface area contributed by atoms with Gasteiger partial charge < -0.3 is 4.74 Å². The molecule has 1 aromatic carbocycles. The molecule has 4 heteroatoms. The Morgan fingerprint density at radius 3 is 3.18 bits per heavy atom. The highest BCUT2D eigenvalue weighted by Crippen LogP contribution is 2.40. The molecule has 0 saturated carbocycles. The quantitative estimate of drug-likeness (QED) is 0.605. The molecule has 92 valence electrons. The zero-order valence-electron chi connectivity index (χ0n) is 9.85. The average molecular weight is 268 g/mol. The fourth-order valence-electron chi connectivity index (χ4n) is 1.85. The molecule has 17 heavy (non-hydrogen) atoms. The number of fused-ring (bicyclic) bond motifs is 1. The van der Waals surface area contributed by atoms with Gasteiger partial charge in [-0.05, 0) is 11.6 Å². The van der Waals surface area contributed by atoms with E-state index in [0.717, 1.165) is 11.5 Å². The average Bonchev–Trinajstić information content (AvgIpc) is 2.78. The Kier molecular flexibility index (Phi) is 4.80. The monoisotopic (exact) mass is 268 g/mol. The summed E-state index contributed by atoms with van der Waals surface area (Å²) in [6.45, 7) is 0. The van der Waals surface area contributed by atoms with E-state index in [1.54, 1.807) is 0 Å². The van der Waals surface area contributed by atoms with Gasteiger partial charge in [-0.1, -0.05) is 18.2 Å². The predicted molar refractivity (Wildman–Crippen MR) is 73.9 cm³/mol. The van der Waals surface area contributed by atoms with Gasteiger partial charge in [0.25, 0.3) is 0 Å². The second-order valence-electron chi connectivity index (χ2n) is 3.95. The second-order valence-corrected chi connectivity index (χ2v) is 6.16. The van der Waals surface area contributed by atoms with Crippen LogP contribution in [0.3, 0.4) is 0 Å². The number of carbonyl (C=O) groups excluding carboxylic acids is 1. The summed E-state index contributed by atoms with van der Waals surface area (Å²) in [6, 6.07) is 8.62. The van der Waals surface area contributed by atoms with E-state index in [2.05, 4.69) is 29.0 Å². The van der Waals surface area contributed by atoms with E-state index in [1.165, 1.54) is 23.3 Å². The first-order valence-corrected chi connectivity index (χ1v) is 7.81. The smallest absolute Gasteiger partial charge is 0.306 e. The van der Waals surface area contributed by atoms with Gasteiger partial charge in [-0.3, -0.25) is 4.79 Å². The van der Waals surface area contributed by atoms with Gasteiger partial charge in [-0.2, -0.15) is 11.8 Å². The third-order valence-corrected chi connectivity index (χ3v) is 5.18. The van der Waals surface area contributed by atoms with E-state index in [4.69, 9.17) is 0 Å². The topological polar surface area (TPSA) is 26.3 Å². The first-order chi connectivity index (χ1) is 8.31. The highest BCUT2D eigenvalue weighted by Gasteiger charge is 2.22. The van der Waals surface area contributed by atoms with Crippen LogP contribution in [0, 0.1) is 0 Å². The summed E-state index contributed by atoms with van der Waals surface area (Å²) in [5.41, 5.74) is 1.48. The largest absolute Gasteiger partial charge is 0.469 e. The van der Waals surface area contributed by atoms with Crippen LogP contribution in [0.5, 0.6) is 0 Å². The third kappa shape index (κ3) is 3.42. The normalized spacial score (nSPS) is 17.8. The van der Waals surface area contributed by atoms with Crippen molar-refractivity contribution in [3.63, 3.8) is 0 Å². The predicted octanol–water partition coefficient (Wildman–Crippen LogP) is 3.17. The number of methoxy groups -OCH3 is 1. The number of thioether (sulfide) groups is 2. The molecule has 1 atom stereocenters. The standard InChI is InChI=1S/C13H16O2S2/c1-15-13(14)6-7-16-8-10-9-17-12-5-3-2-4-11(10)12/h2-5,10H,6-9H2,1H3. The van der Waals surface area contributed by atoms with Gasteiger partial charge in [-0.15, -0.1) is 11.8 Å². The summed E-state index contributed by atoms with van der Waals surface area (Å²) in [5.74, 6) is 3.65. The van der Waals surface area contributed by atoms with Crippen LogP contribution < -0.4 is 0 Å². The van der Waals surface area contributed by atoms with E-state index in [9.17, 15) is 4.79 Å². The van der Waals surface area contributed by atoms with Crippen molar-refractivity contribution in [2.45, 2.75) is 17.2 Å². The first kappa shape index (κ1) is 12.8. The van der Waals surface area contributed by atoms with Crippen LogP contribution in [-0.2, 0) is 9.53 Å². The summed E-state index contributed by atoms with van der Waals surface area (Å²) < 4.78 is 4.62. The van der Waals surface area contributed by atoms with Gasteiger partial charge in [0.2, 0.25) is 0 Å². The molecule has 1 aliphatic heterocycles. The third-order valence-electron chi connectivity index (χ3n) is 2.80. The van der Waals surface area contributed by atoms with Gasteiger partial charge in [0.15, 0.2) is 0 Å². The van der Waals surface area contributed by atoms with E-state index >= 15 is 0 Å². The molecule has 0 saturated heterocycles. The highest BCUT2D eigenvalue weighted by molar-refractivity contribution is 8.00. The van der Waals surface area contributed by atoms with Crippen LogP contribution in [0.4, 0.5) is 0 Å². The zero-order chi connectivity index (χ0) is 12.1. The minimum absolute atomic E-state index is 0.112. The molecule has 0 bridgehead atoms. The maximum Gasteiger partial charge on any atom is 0.306 e. The van der Waals surface area contributed by atoms with Gasteiger partial charge in [0.1, 0.15) is 0 Å². The Bertz CT molecular complexity index is 393. The molecule has 2 rings (SSSR count). The van der Waals surface area contributed by atoms with Gasteiger partial charge in [0, 0.05) is 28.1 Å². The molecule has 1 unspecified atom stereocenters. The molecule has 0 aromatic heterocycles. The molecule has 0 aliphatic carbocycles. The zero-order valence-corrected chi connectivity index (χ0v) is 11.5. The van der Waals surface area contributed by atoms with E-state index in [1.807, 2.05) is 23.5 Å². The fraction of sp³-hybridized carbons (Fsp3) is 0.462. The molecule has 0 N–H and O–H groups in total. The lowest BCUT2D eigenvalue weighted by atomic mass is 10.0. The van der Waals surface area contributed by atoms with Crippen molar-refractivity contribution in [3.8, 4) is 0 Å². The van der Waals surface area contributed by atoms with Crippen molar-refractivity contribution in [2.75, 3.05) is 24.4 Å². The molecule has 0 spiro atoms. The molecular formula is C13H16O2S2. The molecule has 0 amide bonds. The molecular weight excluding hydrogens is 252 g/mol. The van der Waals surface area contributed by atoms with Crippen molar-refractivity contribution >= 4 is 29.5 Å². The maximum absolute atomic E-state index is 11.0. The van der Waals surface area contributed by atoms with Gasteiger partial charge >= 0.3 is 5.97 Å². The lowest BCUT2D eigenvalue weighted by Gasteiger charge is -2.09. The van der Waals surface area contributed by atoms with Crippen LogP contribution in [-0.4, -0.2) is 30.3 Å². The van der Waals surface area contributed by atoms with Crippen molar-refractivity contribution in [1.82, 2.24) is 0 Å². The van der Waals surface area contributed by atoms with Crippen molar-refractivity contribution in [2.24, 2.45) is 0 Å². The Morgan fingerprint density at radius 1 is 1.53 bits per heavy atom. The van der Waals surface area contributed by atoms with Crippen molar-refractivity contribution < 1.29 is 9.53 Å². The molecule has 1 heterocycles. The van der Waals surface area contributed by atoms with Gasteiger partial charge in [0.05, 0.1) is 13.5 Å². The van der Waals surface area contributed by atoms with Crippen LogP contribution >= 0.6 is 23.5 Å². The van der Waals surface area contributed by atoms with E-state index < -0.39 is 0 Å². The minimum atomic E-state index is -0.112. The Balaban J connectivity index is 1.76. The van der Waals surface area contributed by atoms with Crippen molar-refractivity contribution in [3.05, 3.63) is 29.8 Å². The first-order valence-electron chi connectivity index (χ1n) is 5.67. The SMILES string of the molecule is COC(=O)CCSCC1CSc2ccccc21. The summed E-state index contributed by atoms with van der Waals surface area (Å²) in [7, 11) is 1.44. The molecule has 2 nitrogen and oxygen atoms in total. The Hall–Kier alpha value is -0.610. The maximum atomic E-state index is 11.0. The number of carbonyl (C=O) groups is 1. The summed E-state index contributed by atoms with van der Waals surface area (Å²) >= 11 is 3.78. The Labute approximate surface area is 111 Å². The van der Waals surface area contributed by atoms with Crippen molar-refractivity contribution in [1.29, 1.82) is 0 Å². The Morgan fingerprint density at radius 2 is 2.35 bits per heavy atom.